The van der Waals surface area contributed by atoms with Gasteiger partial charge in [0.1, 0.15) is 5.78 Å². The van der Waals surface area contributed by atoms with Crippen LogP contribution in [0.5, 0.6) is 0 Å². The van der Waals surface area contributed by atoms with Gasteiger partial charge in [0, 0.05) is 74.3 Å². The Morgan fingerprint density at radius 1 is 0.397 bits per heavy atom. The van der Waals surface area contributed by atoms with Crippen molar-refractivity contribution in [1.82, 2.24) is 25.3 Å². The SMILES string of the molecule is CC1(C)CC(=O)CC(C)(C)N1O.CC1(C)CC(N)CC(C)(C)N1O.CC1(C)CC(O)CC(C)(C)N1O.CC1(C)CCCC(C)(C)N1O.CC1(C)CCCC(C)(C)N1O. The Morgan fingerprint density at radius 3 is 0.845 bits per heavy atom. The van der Waals surface area contributed by atoms with Gasteiger partial charge in [0.25, 0.3) is 0 Å². The summed E-state index contributed by atoms with van der Waals surface area (Å²) in [7, 11) is 0. The van der Waals surface area contributed by atoms with Gasteiger partial charge in [-0.05, 0) is 203 Å². The lowest BCUT2D eigenvalue weighted by Gasteiger charge is -2.50. The second-order valence-corrected chi connectivity index (χ2v) is 24.5. The van der Waals surface area contributed by atoms with E-state index < -0.39 is 11.1 Å². The number of Topliss-reactive ketones (excluding diaryl/α,β-unsaturated/α-hetero) is 1. The average molecular weight is 831 g/mol. The van der Waals surface area contributed by atoms with E-state index in [0.717, 1.165) is 38.5 Å². The lowest BCUT2D eigenvalue weighted by atomic mass is 9.79. The lowest BCUT2D eigenvalue weighted by Crippen LogP contribution is -2.61. The molecule has 13 nitrogen and oxygen atoms in total. The number of carbonyl (C=O) groups is 1. The van der Waals surface area contributed by atoms with Crippen LogP contribution in [0.25, 0.3) is 0 Å². The fourth-order valence-corrected chi connectivity index (χ4v) is 10.5. The maximum Gasteiger partial charge on any atom is 0.136 e. The number of carbonyl (C=O) groups excluding carboxylic acids is 1. The molecule has 0 spiro atoms. The molecule has 5 heterocycles. The molecule has 13 heteroatoms. The van der Waals surface area contributed by atoms with Crippen molar-refractivity contribution >= 4 is 5.78 Å². The molecule has 0 atom stereocenters. The van der Waals surface area contributed by atoms with Gasteiger partial charge in [0.05, 0.1) is 6.10 Å². The summed E-state index contributed by atoms with van der Waals surface area (Å²) in [6.45, 7) is 40.1. The normalized spacial score (nSPS) is 30.1. The highest BCUT2D eigenvalue weighted by molar-refractivity contribution is 5.81. The van der Waals surface area contributed by atoms with E-state index >= 15 is 0 Å². The Morgan fingerprint density at radius 2 is 0.603 bits per heavy atom. The van der Waals surface area contributed by atoms with Crippen LogP contribution in [0.3, 0.4) is 0 Å². The van der Waals surface area contributed by atoms with Crippen molar-refractivity contribution in [2.45, 2.75) is 283 Å². The van der Waals surface area contributed by atoms with Crippen molar-refractivity contribution in [2.24, 2.45) is 5.73 Å². The molecule has 0 aromatic carbocycles. The molecule has 0 radical (unpaired) electrons. The average Bonchev–Trinajstić information content (AvgIpc) is 2.99. The minimum Gasteiger partial charge on any atom is -0.393 e. The maximum atomic E-state index is 11.3. The van der Waals surface area contributed by atoms with Crippen LogP contribution < -0.4 is 5.73 Å². The van der Waals surface area contributed by atoms with Crippen LogP contribution in [0.1, 0.15) is 216 Å². The number of nitrogens with zero attached hydrogens (tertiary/aromatic N) is 5. The lowest BCUT2D eigenvalue weighted by molar-refractivity contribution is -0.257. The van der Waals surface area contributed by atoms with Crippen LogP contribution >= 0.6 is 0 Å². The predicted molar refractivity (Wildman–Crippen MR) is 233 cm³/mol. The first-order valence-electron chi connectivity index (χ1n) is 21.9. The zero-order valence-corrected chi connectivity index (χ0v) is 41.0. The van der Waals surface area contributed by atoms with Gasteiger partial charge in [-0.25, -0.2) is 0 Å². The van der Waals surface area contributed by atoms with Crippen LogP contribution in [-0.2, 0) is 4.79 Å². The number of nitrogens with two attached hydrogens (primary N) is 1. The zero-order chi connectivity index (χ0) is 46.1. The van der Waals surface area contributed by atoms with E-state index in [1.54, 1.807) is 0 Å². The van der Waals surface area contributed by atoms with Gasteiger partial charge in [-0.15, -0.1) is 0 Å². The molecule has 5 fully saturated rings. The Labute approximate surface area is 355 Å². The fraction of sp³-hybridized carbons (Fsp3) is 0.978. The van der Waals surface area contributed by atoms with Crippen LogP contribution in [0.4, 0.5) is 0 Å². The molecule has 58 heavy (non-hydrogen) atoms. The summed E-state index contributed by atoms with van der Waals surface area (Å²) in [4.78, 5) is 11.3. The van der Waals surface area contributed by atoms with E-state index in [1.165, 1.54) is 38.2 Å². The summed E-state index contributed by atoms with van der Waals surface area (Å²) in [5.74, 6) is 0.232. The van der Waals surface area contributed by atoms with Crippen LogP contribution in [-0.4, -0.2) is 130 Å². The summed E-state index contributed by atoms with van der Waals surface area (Å²) in [6.07, 6.45) is 10.4. The minimum absolute atomic E-state index is 0.0399. The number of hydroxylamine groups is 10. The number of aliphatic hydroxyl groups is 1. The summed E-state index contributed by atoms with van der Waals surface area (Å²) >= 11 is 0. The van der Waals surface area contributed by atoms with Crippen molar-refractivity contribution in [3.63, 3.8) is 0 Å². The second kappa shape index (κ2) is 18.9. The topological polar surface area (TPSA) is 181 Å². The van der Waals surface area contributed by atoms with E-state index in [2.05, 4.69) is 55.4 Å². The van der Waals surface area contributed by atoms with Gasteiger partial charge >= 0.3 is 0 Å². The minimum atomic E-state index is -0.418. The molecule has 0 aromatic heterocycles. The molecule has 5 aliphatic rings. The molecule has 346 valence electrons. The van der Waals surface area contributed by atoms with Gasteiger partial charge in [0.2, 0.25) is 0 Å². The van der Waals surface area contributed by atoms with Crippen LogP contribution in [0.15, 0.2) is 0 Å². The van der Waals surface area contributed by atoms with E-state index in [9.17, 15) is 35.9 Å². The number of hydrogen-bond acceptors (Lipinski definition) is 13. The number of rotatable bonds is 0. The highest BCUT2D eigenvalue weighted by Crippen LogP contribution is 2.39. The van der Waals surface area contributed by atoms with Gasteiger partial charge in [0.15, 0.2) is 0 Å². The monoisotopic (exact) mass is 831 g/mol. The smallest absolute Gasteiger partial charge is 0.136 e. The Hall–Kier alpha value is -0.810. The number of aliphatic hydroxyl groups excluding tert-OH is 1. The van der Waals surface area contributed by atoms with Crippen molar-refractivity contribution in [1.29, 1.82) is 0 Å². The van der Waals surface area contributed by atoms with Gasteiger partial charge < -0.3 is 36.9 Å². The van der Waals surface area contributed by atoms with E-state index in [1.807, 2.05) is 83.1 Å². The summed E-state index contributed by atoms with van der Waals surface area (Å²) in [5.41, 5.74) is 3.89. The fourth-order valence-electron chi connectivity index (χ4n) is 10.5. The van der Waals surface area contributed by atoms with Gasteiger partial charge in [-0.3, -0.25) is 4.79 Å². The van der Waals surface area contributed by atoms with Crippen molar-refractivity contribution < 1.29 is 35.9 Å². The largest absolute Gasteiger partial charge is 0.393 e. The van der Waals surface area contributed by atoms with Gasteiger partial charge in [-0.1, -0.05) is 0 Å². The first-order chi connectivity index (χ1) is 25.5. The highest BCUT2D eigenvalue weighted by Gasteiger charge is 2.47. The predicted octanol–water partition coefficient (Wildman–Crippen LogP) is 9.18. The van der Waals surface area contributed by atoms with Crippen LogP contribution in [0, 0.1) is 0 Å². The van der Waals surface area contributed by atoms with Gasteiger partial charge in [-0.2, -0.15) is 25.3 Å². The van der Waals surface area contributed by atoms with Crippen molar-refractivity contribution in [2.75, 3.05) is 0 Å². The van der Waals surface area contributed by atoms with Crippen LogP contribution in [0.2, 0.25) is 0 Å². The first kappa shape index (κ1) is 55.2. The molecule has 0 unspecified atom stereocenters. The molecule has 0 saturated carbocycles. The summed E-state index contributed by atoms with van der Waals surface area (Å²) < 4.78 is 0. The maximum absolute atomic E-state index is 11.3. The first-order valence-corrected chi connectivity index (χ1v) is 21.9. The molecule has 5 rings (SSSR count). The third-order valence-corrected chi connectivity index (χ3v) is 13.1. The Bertz CT molecular complexity index is 1160. The molecule has 0 aliphatic carbocycles. The third kappa shape index (κ3) is 14.6. The molecular formula is C45H94N6O7. The van der Waals surface area contributed by atoms with Crippen molar-refractivity contribution in [3.05, 3.63) is 0 Å². The number of piperidine rings is 5. The molecular weight excluding hydrogens is 737 g/mol. The Balaban J connectivity index is 0.000000363. The number of hydrogen-bond donors (Lipinski definition) is 7. The molecule has 0 amide bonds. The molecule has 0 bridgehead atoms. The van der Waals surface area contributed by atoms with Crippen molar-refractivity contribution in [3.8, 4) is 0 Å². The highest BCUT2D eigenvalue weighted by atomic mass is 16.5. The summed E-state index contributed by atoms with van der Waals surface area (Å²) in [5, 5.41) is 65.7. The molecule has 8 N–H and O–H groups in total. The molecule has 5 saturated heterocycles. The zero-order valence-electron chi connectivity index (χ0n) is 41.0. The quantitative estimate of drug-likeness (QED) is 0.123. The van der Waals surface area contributed by atoms with E-state index in [4.69, 9.17) is 5.73 Å². The number of ketones is 1. The third-order valence-electron chi connectivity index (χ3n) is 13.1. The summed E-state index contributed by atoms with van der Waals surface area (Å²) in [6, 6.07) is 0.207. The Kier molecular flexibility index (Phi) is 18.0. The molecule has 5 aliphatic heterocycles. The van der Waals surface area contributed by atoms with E-state index in [0.29, 0.717) is 25.7 Å². The second-order valence-electron chi connectivity index (χ2n) is 24.5. The standard InChI is InChI=1S/C9H20N2O.C9H19NO2.C9H17NO2.2C9H19NO/c1-8(2)5-7(10)6-9(3,4)11(8)12;2*1-8(2)5-7(11)6-9(3,4)10(8)12;2*1-8(2)6-5-7-9(3,4)10(8)11/h7,12H,5-6,10H2,1-4H3;7,11-12H,5-6H2,1-4H3;12H,5-6H2,1-4H3;2*11H,5-7H2,1-4H3. The molecule has 0 aromatic rings. The van der Waals surface area contributed by atoms with E-state index in [-0.39, 0.29) is 62.2 Å².